The summed E-state index contributed by atoms with van der Waals surface area (Å²) in [7, 11) is -2.37. The Labute approximate surface area is 184 Å². The van der Waals surface area contributed by atoms with Gasteiger partial charge in [-0.15, -0.1) is 0 Å². The van der Waals surface area contributed by atoms with Crippen molar-refractivity contribution < 1.29 is 0 Å². The van der Waals surface area contributed by atoms with E-state index in [1.54, 1.807) is 0 Å². The second kappa shape index (κ2) is 13.5. The van der Waals surface area contributed by atoms with Crippen LogP contribution in [0.1, 0.15) is 83.1 Å². The number of rotatable bonds is 15. The molecule has 0 radical (unpaired) electrons. The highest BCUT2D eigenvalue weighted by Gasteiger charge is 2.39. The number of hydrogen-bond donors (Lipinski definition) is 1. The molecule has 0 aromatic rings. The summed E-state index contributed by atoms with van der Waals surface area (Å²) in [6.07, 6.45) is 0. The number of hydrogen-bond acceptors (Lipinski definition) is 1. The maximum atomic E-state index is 10.2. The number of nitrogens with zero attached hydrogens (tertiary/aromatic N) is 3. The number of nitrogens with one attached hydrogen (secondary N) is 1. The van der Waals surface area contributed by atoms with Crippen LogP contribution in [0.3, 0.4) is 0 Å². The molecule has 0 aliphatic rings. The van der Waals surface area contributed by atoms with Gasteiger partial charge in [-0.1, -0.05) is 83.1 Å². The first kappa shape index (κ1) is 29.1. The molecule has 0 atom stereocenters. The molecule has 0 fully saturated rings. The molecule has 176 valence electrons. The summed E-state index contributed by atoms with van der Waals surface area (Å²) < 4.78 is 7.79. The zero-order valence-electron chi connectivity index (χ0n) is 22.0. The fourth-order valence-electron chi connectivity index (χ4n) is 3.97. The van der Waals surface area contributed by atoms with Crippen LogP contribution in [0, 0.1) is 40.7 Å². The molecule has 0 unspecified atom stereocenters. The molecule has 1 N–H and O–H groups in total. The molecule has 4 nitrogen and oxygen atoms in total. The van der Waals surface area contributed by atoms with Crippen molar-refractivity contribution in [2.75, 3.05) is 39.3 Å². The lowest BCUT2D eigenvalue weighted by Gasteiger charge is -2.51. The van der Waals surface area contributed by atoms with Crippen molar-refractivity contribution >= 4 is 7.51 Å². The van der Waals surface area contributed by atoms with E-state index >= 15 is 0 Å². The molecule has 0 spiro atoms. The predicted molar refractivity (Wildman–Crippen MR) is 133 cm³/mol. The zero-order chi connectivity index (χ0) is 22.9. The smallest absolute Gasteiger partial charge is 0.165 e. The third kappa shape index (κ3) is 10.8. The van der Waals surface area contributed by atoms with Crippen molar-refractivity contribution in [3.63, 3.8) is 0 Å². The van der Waals surface area contributed by atoms with Crippen molar-refractivity contribution in [2.45, 2.75) is 83.1 Å². The molecule has 0 heterocycles. The van der Waals surface area contributed by atoms with E-state index in [2.05, 4.69) is 97.1 Å². The van der Waals surface area contributed by atoms with Crippen LogP contribution in [0.2, 0.25) is 0 Å². The minimum absolute atomic E-state index is 0.568. The molecule has 0 aliphatic carbocycles. The minimum atomic E-state index is -2.37. The van der Waals surface area contributed by atoms with Gasteiger partial charge in [-0.3, -0.25) is 5.16 Å². The molecule has 0 aliphatic heterocycles. The van der Waals surface area contributed by atoms with Crippen LogP contribution in [0.4, 0.5) is 0 Å². The molecule has 0 amide bonds. The van der Waals surface area contributed by atoms with E-state index in [0.29, 0.717) is 35.5 Å². The summed E-state index contributed by atoms with van der Waals surface area (Å²) in [5.41, 5.74) is 0. The second-order valence-electron chi connectivity index (χ2n) is 11.5. The lowest BCUT2D eigenvalue weighted by Crippen LogP contribution is -2.47. The first-order valence-corrected chi connectivity index (χ1v) is 13.7. The van der Waals surface area contributed by atoms with Crippen LogP contribution in [0.25, 0.3) is 0 Å². The fraction of sp³-hybridized carbons (Fsp3) is 1.00. The molecule has 0 saturated heterocycles. The van der Waals surface area contributed by atoms with Crippen LogP contribution < -0.4 is 0 Å². The standard InChI is InChI=1S/C24H55N4P/c1-19(2)13-26(14-20(3)4)29(25,27(15-21(5)6)16-22(7)8)28(17-23(9)10)18-24(11)12/h19-25H,13-18H2,1-12H3. The first-order valence-electron chi connectivity index (χ1n) is 12.1. The summed E-state index contributed by atoms with van der Waals surface area (Å²) in [4.78, 5) is 0. The van der Waals surface area contributed by atoms with Crippen molar-refractivity contribution in [1.29, 1.82) is 5.16 Å². The molecular weight excluding hydrogens is 375 g/mol. The summed E-state index contributed by atoms with van der Waals surface area (Å²) in [6.45, 7) is 33.7. The molecule has 0 aromatic carbocycles. The van der Waals surface area contributed by atoms with E-state index in [0.717, 1.165) is 39.3 Å². The predicted octanol–water partition coefficient (Wildman–Crippen LogP) is 7.35. The van der Waals surface area contributed by atoms with Gasteiger partial charge in [-0.2, -0.15) is 0 Å². The van der Waals surface area contributed by atoms with Crippen LogP contribution in [-0.2, 0) is 0 Å². The van der Waals surface area contributed by atoms with Gasteiger partial charge in [0.2, 0.25) is 0 Å². The molecular formula is C24H55N4P. The lowest BCUT2D eigenvalue weighted by molar-refractivity contribution is 0.234. The van der Waals surface area contributed by atoms with Crippen molar-refractivity contribution in [3.8, 4) is 0 Å². The Morgan fingerprint density at radius 2 is 0.552 bits per heavy atom. The van der Waals surface area contributed by atoms with Crippen LogP contribution >= 0.6 is 7.51 Å². The average Bonchev–Trinajstić information content (AvgIpc) is 2.49. The highest BCUT2D eigenvalue weighted by Crippen LogP contribution is 2.58. The molecule has 5 heteroatoms. The topological polar surface area (TPSA) is 33.6 Å². The van der Waals surface area contributed by atoms with E-state index in [-0.39, 0.29) is 0 Å². The molecule has 0 rings (SSSR count). The molecule has 0 bridgehead atoms. The van der Waals surface area contributed by atoms with Gasteiger partial charge >= 0.3 is 0 Å². The summed E-state index contributed by atoms with van der Waals surface area (Å²) in [5.74, 6) is 3.41. The highest BCUT2D eigenvalue weighted by molar-refractivity contribution is 7.57. The van der Waals surface area contributed by atoms with Gasteiger partial charge in [0, 0.05) is 39.3 Å². The second-order valence-corrected chi connectivity index (χ2v) is 14.4. The summed E-state index contributed by atoms with van der Waals surface area (Å²) in [5, 5.41) is 10.2. The van der Waals surface area contributed by atoms with Crippen molar-refractivity contribution in [3.05, 3.63) is 0 Å². The van der Waals surface area contributed by atoms with Crippen molar-refractivity contribution in [1.82, 2.24) is 14.0 Å². The summed E-state index contributed by atoms with van der Waals surface area (Å²) in [6, 6.07) is 0. The zero-order valence-corrected chi connectivity index (χ0v) is 22.9. The third-order valence-corrected chi connectivity index (χ3v) is 7.98. The Balaban J connectivity index is 6.52. The average molecular weight is 431 g/mol. The maximum Gasteiger partial charge on any atom is 0.165 e. The highest BCUT2D eigenvalue weighted by atomic mass is 31.2. The van der Waals surface area contributed by atoms with Gasteiger partial charge in [-0.25, -0.2) is 14.0 Å². The quantitative estimate of drug-likeness (QED) is 0.276. The van der Waals surface area contributed by atoms with E-state index < -0.39 is 7.51 Å². The first-order chi connectivity index (χ1) is 13.2. The Bertz CT molecular complexity index is 375. The summed E-state index contributed by atoms with van der Waals surface area (Å²) >= 11 is 0. The van der Waals surface area contributed by atoms with Crippen LogP contribution in [0.5, 0.6) is 0 Å². The molecule has 0 aromatic heterocycles. The van der Waals surface area contributed by atoms with E-state index in [9.17, 15) is 5.16 Å². The van der Waals surface area contributed by atoms with Gasteiger partial charge in [-0.05, 0) is 35.5 Å². The van der Waals surface area contributed by atoms with E-state index in [4.69, 9.17) is 0 Å². The Hall–Kier alpha value is 0.110. The van der Waals surface area contributed by atoms with E-state index in [1.807, 2.05) is 0 Å². The van der Waals surface area contributed by atoms with Crippen LogP contribution in [-0.4, -0.2) is 53.3 Å². The minimum Gasteiger partial charge on any atom is -0.277 e. The normalized spacial score (nSPS) is 13.8. The lowest BCUT2D eigenvalue weighted by atomic mass is 10.2. The monoisotopic (exact) mass is 430 g/mol. The van der Waals surface area contributed by atoms with Gasteiger partial charge in [0.1, 0.15) is 0 Å². The molecule has 0 saturated carbocycles. The Morgan fingerprint density at radius 3 is 0.655 bits per heavy atom. The Morgan fingerprint density at radius 1 is 0.414 bits per heavy atom. The molecule has 29 heavy (non-hydrogen) atoms. The van der Waals surface area contributed by atoms with E-state index in [1.165, 1.54) is 0 Å². The fourth-order valence-corrected chi connectivity index (χ4v) is 8.37. The van der Waals surface area contributed by atoms with Gasteiger partial charge < -0.3 is 0 Å². The van der Waals surface area contributed by atoms with Crippen molar-refractivity contribution in [2.24, 2.45) is 35.5 Å². The van der Waals surface area contributed by atoms with Crippen LogP contribution in [0.15, 0.2) is 0 Å². The Kier molecular flexibility index (Phi) is 13.6. The maximum absolute atomic E-state index is 10.2. The third-order valence-electron chi connectivity index (χ3n) is 4.64. The largest absolute Gasteiger partial charge is 0.277 e. The van der Waals surface area contributed by atoms with Gasteiger partial charge in [0.15, 0.2) is 7.51 Å². The van der Waals surface area contributed by atoms with Gasteiger partial charge in [0.05, 0.1) is 0 Å². The SMILES string of the molecule is CC(C)CN(CC(C)C)P(=N)(N(CC(C)C)CC(C)C)N(CC(C)C)CC(C)C. The van der Waals surface area contributed by atoms with Gasteiger partial charge in [0.25, 0.3) is 0 Å².